The third kappa shape index (κ3) is 5.65. The van der Waals surface area contributed by atoms with Gasteiger partial charge in [0, 0.05) is 21.9 Å². The second kappa shape index (κ2) is 7.24. The molecule has 0 unspecified atom stereocenters. The van der Waals surface area contributed by atoms with Crippen molar-refractivity contribution in [2.75, 3.05) is 0 Å². The zero-order chi connectivity index (χ0) is 12.7. The minimum atomic E-state index is -0.632. The summed E-state index contributed by atoms with van der Waals surface area (Å²) in [4.78, 5) is 23.6. The van der Waals surface area contributed by atoms with Gasteiger partial charge in [-0.2, -0.15) is 0 Å². The highest BCUT2D eigenvalue weighted by Gasteiger charge is 2.13. The smallest absolute Gasteiger partial charge is 0.319 e. The van der Waals surface area contributed by atoms with Gasteiger partial charge in [-0.1, -0.05) is 18.2 Å². The summed E-state index contributed by atoms with van der Waals surface area (Å²) in [7, 11) is 2.52. The monoisotopic (exact) mass is 270 g/mol. The van der Waals surface area contributed by atoms with Crippen molar-refractivity contribution in [1.29, 1.82) is 0 Å². The summed E-state index contributed by atoms with van der Waals surface area (Å²) in [5.74, 6) is -1.24. The Kier molecular flexibility index (Phi) is 5.93. The maximum absolute atomic E-state index is 11.3. The van der Waals surface area contributed by atoms with Gasteiger partial charge in [0.05, 0.1) is 0 Å². The van der Waals surface area contributed by atoms with Gasteiger partial charge in [-0.15, -0.1) is 0 Å². The van der Waals surface area contributed by atoms with Crippen LogP contribution in [0.1, 0.15) is 13.8 Å². The second-order valence-corrected chi connectivity index (χ2v) is 5.55. The predicted octanol–water partition coefficient (Wildman–Crippen LogP) is 1.98. The molecule has 0 heterocycles. The van der Waals surface area contributed by atoms with Gasteiger partial charge in [-0.3, -0.25) is 14.3 Å². The molecule has 0 aliphatic heterocycles. The molecule has 92 valence electrons. The third-order valence-corrected chi connectivity index (χ3v) is 3.54. The Hall–Kier alpha value is -1.14. The van der Waals surface area contributed by atoms with Gasteiger partial charge in [0.2, 0.25) is 0 Å². The van der Waals surface area contributed by atoms with Gasteiger partial charge in [-0.05, 0) is 36.8 Å². The van der Waals surface area contributed by atoms with Crippen LogP contribution in [-0.2, 0) is 9.59 Å². The number of carbonyl (C=O) groups excluding carboxylic acids is 2. The number of nitrogens with one attached hydrogen (secondary N) is 2. The van der Waals surface area contributed by atoms with Crippen LogP contribution in [0.5, 0.6) is 0 Å². The predicted molar refractivity (Wildman–Crippen MR) is 71.3 cm³/mol. The number of amides is 2. The molecule has 0 atom stereocenters. The Balaban J connectivity index is 2.27. The molecule has 0 fully saturated rings. The van der Waals surface area contributed by atoms with Crippen LogP contribution < -0.4 is 10.0 Å². The first-order valence-electron chi connectivity index (χ1n) is 5.09. The van der Waals surface area contributed by atoms with Gasteiger partial charge in [0.1, 0.15) is 0 Å². The Morgan fingerprint density at radius 2 is 1.76 bits per heavy atom. The van der Waals surface area contributed by atoms with Crippen LogP contribution >= 0.6 is 21.8 Å². The Labute approximate surface area is 108 Å². The molecule has 0 aliphatic carbocycles. The van der Waals surface area contributed by atoms with Crippen molar-refractivity contribution < 1.29 is 9.59 Å². The van der Waals surface area contributed by atoms with Crippen molar-refractivity contribution in [2.45, 2.75) is 24.8 Å². The summed E-state index contributed by atoms with van der Waals surface area (Å²) in [5.41, 5.74) is 0. The van der Waals surface area contributed by atoms with Crippen LogP contribution in [0.3, 0.4) is 0 Å². The van der Waals surface area contributed by atoms with Gasteiger partial charge >= 0.3 is 11.8 Å². The molecule has 0 aliphatic rings. The molecular weight excluding hydrogens is 256 g/mol. The number of hydrogen-bond acceptors (Lipinski definition) is 4. The highest BCUT2D eigenvalue weighted by Crippen LogP contribution is 2.27. The topological polar surface area (TPSA) is 58.2 Å². The van der Waals surface area contributed by atoms with Crippen molar-refractivity contribution in [3.05, 3.63) is 30.3 Å². The van der Waals surface area contributed by atoms with Crippen molar-refractivity contribution in [2.24, 2.45) is 0 Å². The SMILES string of the molecule is CC(C)NC(=O)C(=O)NSSc1ccccc1. The Morgan fingerprint density at radius 3 is 2.35 bits per heavy atom. The molecule has 1 rings (SSSR count). The van der Waals surface area contributed by atoms with Crippen molar-refractivity contribution >= 4 is 33.6 Å². The summed E-state index contributed by atoms with van der Waals surface area (Å²) < 4.78 is 2.46. The molecule has 0 radical (unpaired) electrons. The van der Waals surface area contributed by atoms with Crippen LogP contribution in [0.25, 0.3) is 0 Å². The van der Waals surface area contributed by atoms with E-state index in [0.29, 0.717) is 0 Å². The summed E-state index contributed by atoms with van der Waals surface area (Å²) in [6.07, 6.45) is 0. The first-order valence-corrected chi connectivity index (χ1v) is 7.24. The van der Waals surface area contributed by atoms with E-state index in [-0.39, 0.29) is 6.04 Å². The molecule has 2 amide bonds. The van der Waals surface area contributed by atoms with E-state index in [2.05, 4.69) is 10.0 Å². The van der Waals surface area contributed by atoms with E-state index in [0.717, 1.165) is 15.9 Å². The number of hydrogen-bond donors (Lipinski definition) is 2. The lowest BCUT2D eigenvalue weighted by Crippen LogP contribution is -2.40. The minimum Gasteiger partial charge on any atom is -0.346 e. The summed E-state index contributed by atoms with van der Waals surface area (Å²) in [6.45, 7) is 3.61. The first kappa shape index (κ1) is 13.9. The molecule has 4 nitrogen and oxygen atoms in total. The lowest BCUT2D eigenvalue weighted by Gasteiger charge is -2.07. The second-order valence-electron chi connectivity index (χ2n) is 3.54. The average molecular weight is 270 g/mol. The number of benzene rings is 1. The maximum atomic E-state index is 11.3. The number of carbonyl (C=O) groups is 2. The Bertz CT molecular complexity index is 382. The fraction of sp³-hybridized carbons (Fsp3) is 0.273. The fourth-order valence-electron chi connectivity index (χ4n) is 0.957. The van der Waals surface area contributed by atoms with Crippen LogP contribution in [0.4, 0.5) is 0 Å². The standard InChI is InChI=1S/C11H14N2O2S2/c1-8(2)12-10(14)11(15)13-17-16-9-6-4-3-5-7-9/h3-8H,1-2H3,(H,12,14)(H,13,15). The van der Waals surface area contributed by atoms with Crippen LogP contribution in [0.15, 0.2) is 35.2 Å². The lowest BCUT2D eigenvalue weighted by molar-refractivity contribution is -0.138. The average Bonchev–Trinajstić information content (AvgIpc) is 2.29. The molecule has 0 saturated carbocycles. The van der Waals surface area contributed by atoms with Gasteiger partial charge < -0.3 is 5.32 Å². The third-order valence-electron chi connectivity index (χ3n) is 1.64. The highest BCUT2D eigenvalue weighted by molar-refractivity contribution is 8.76. The Morgan fingerprint density at radius 1 is 1.12 bits per heavy atom. The largest absolute Gasteiger partial charge is 0.346 e. The van der Waals surface area contributed by atoms with Crippen molar-refractivity contribution in [3.63, 3.8) is 0 Å². The summed E-state index contributed by atoms with van der Waals surface area (Å²) >= 11 is 0. The van der Waals surface area contributed by atoms with Crippen molar-refractivity contribution in [1.82, 2.24) is 10.0 Å². The van der Waals surface area contributed by atoms with E-state index < -0.39 is 11.8 Å². The highest BCUT2D eigenvalue weighted by atomic mass is 33.1. The lowest BCUT2D eigenvalue weighted by atomic mass is 10.4. The van der Waals surface area contributed by atoms with E-state index in [4.69, 9.17) is 0 Å². The molecule has 0 spiro atoms. The van der Waals surface area contributed by atoms with E-state index in [1.165, 1.54) is 10.8 Å². The molecule has 1 aromatic rings. The zero-order valence-corrected chi connectivity index (χ0v) is 11.2. The van der Waals surface area contributed by atoms with Crippen molar-refractivity contribution in [3.8, 4) is 0 Å². The summed E-state index contributed by atoms with van der Waals surface area (Å²) in [5, 5.41) is 2.52. The van der Waals surface area contributed by atoms with E-state index >= 15 is 0 Å². The first-order chi connectivity index (χ1) is 8.09. The maximum Gasteiger partial charge on any atom is 0.319 e. The van der Waals surface area contributed by atoms with Gasteiger partial charge in [-0.25, -0.2) is 0 Å². The minimum absolute atomic E-state index is 0.0416. The normalized spacial score (nSPS) is 10.1. The van der Waals surface area contributed by atoms with E-state index in [9.17, 15) is 9.59 Å². The molecule has 0 saturated heterocycles. The van der Waals surface area contributed by atoms with Crippen LogP contribution in [0.2, 0.25) is 0 Å². The number of rotatable bonds is 4. The molecule has 1 aromatic carbocycles. The van der Waals surface area contributed by atoms with Crippen LogP contribution in [0, 0.1) is 0 Å². The molecule has 6 heteroatoms. The van der Waals surface area contributed by atoms with Crippen LogP contribution in [-0.4, -0.2) is 17.9 Å². The zero-order valence-electron chi connectivity index (χ0n) is 9.60. The van der Waals surface area contributed by atoms with Gasteiger partial charge in [0.15, 0.2) is 0 Å². The molecule has 0 aromatic heterocycles. The quantitative estimate of drug-likeness (QED) is 0.499. The molecule has 2 N–H and O–H groups in total. The fourth-order valence-corrected chi connectivity index (χ4v) is 2.51. The molecule has 0 bridgehead atoms. The van der Waals surface area contributed by atoms with Gasteiger partial charge in [0.25, 0.3) is 0 Å². The van der Waals surface area contributed by atoms with E-state index in [1.807, 2.05) is 30.3 Å². The molecule has 17 heavy (non-hydrogen) atoms. The molecular formula is C11H14N2O2S2. The van der Waals surface area contributed by atoms with E-state index in [1.54, 1.807) is 13.8 Å². The summed E-state index contributed by atoms with van der Waals surface area (Å²) in [6, 6.07) is 9.56.